The summed E-state index contributed by atoms with van der Waals surface area (Å²) in [5.41, 5.74) is 6.94. The molecule has 3 rings (SSSR count). The number of rotatable bonds is 5. The number of benzene rings is 2. The van der Waals surface area contributed by atoms with Gasteiger partial charge in [0.25, 0.3) is 0 Å². The molecule has 8 nitrogen and oxygen atoms in total. The Balaban J connectivity index is 1.95. The van der Waals surface area contributed by atoms with Gasteiger partial charge in [0, 0.05) is 16.8 Å². The summed E-state index contributed by atoms with van der Waals surface area (Å²) < 4.78 is 39.8. The number of nitrogen functional groups attached to an aromatic ring is 1. The Bertz CT molecular complexity index is 1020. The SMILES string of the molecule is CNS(=O)(=O)c1ccc(N)c(-c2nnn(Cc3ccccc3F)n2)c1. The fourth-order valence-corrected chi connectivity index (χ4v) is 2.97. The molecule has 0 radical (unpaired) electrons. The maximum Gasteiger partial charge on any atom is 0.240 e. The molecule has 10 heteroatoms. The number of halogens is 1. The molecule has 25 heavy (non-hydrogen) atoms. The fourth-order valence-electron chi connectivity index (χ4n) is 2.21. The van der Waals surface area contributed by atoms with Crippen LogP contribution >= 0.6 is 0 Å². The van der Waals surface area contributed by atoms with E-state index in [-0.39, 0.29) is 23.1 Å². The summed E-state index contributed by atoms with van der Waals surface area (Å²) in [6.45, 7) is 0.0914. The van der Waals surface area contributed by atoms with E-state index in [0.717, 1.165) is 0 Å². The van der Waals surface area contributed by atoms with E-state index in [4.69, 9.17) is 5.73 Å². The van der Waals surface area contributed by atoms with Crippen molar-refractivity contribution in [1.29, 1.82) is 0 Å². The topological polar surface area (TPSA) is 116 Å². The molecule has 0 saturated heterocycles. The second kappa shape index (κ2) is 6.57. The minimum absolute atomic E-state index is 0.0321. The molecule has 0 aliphatic heterocycles. The number of aromatic nitrogens is 4. The van der Waals surface area contributed by atoms with E-state index in [1.165, 1.54) is 36.1 Å². The Morgan fingerprint density at radius 2 is 2.00 bits per heavy atom. The zero-order valence-electron chi connectivity index (χ0n) is 13.2. The van der Waals surface area contributed by atoms with E-state index >= 15 is 0 Å². The van der Waals surface area contributed by atoms with Crippen LogP contribution in [0.15, 0.2) is 47.4 Å². The van der Waals surface area contributed by atoms with Gasteiger partial charge in [-0.1, -0.05) is 18.2 Å². The van der Waals surface area contributed by atoms with Gasteiger partial charge in [-0.05, 0) is 36.5 Å². The van der Waals surface area contributed by atoms with Gasteiger partial charge in [0.2, 0.25) is 15.8 Å². The van der Waals surface area contributed by atoms with Gasteiger partial charge < -0.3 is 5.73 Å². The highest BCUT2D eigenvalue weighted by molar-refractivity contribution is 7.89. The fraction of sp³-hybridized carbons (Fsp3) is 0.133. The third-order valence-electron chi connectivity index (χ3n) is 3.57. The zero-order valence-corrected chi connectivity index (χ0v) is 14.0. The minimum Gasteiger partial charge on any atom is -0.398 e. The molecule has 130 valence electrons. The van der Waals surface area contributed by atoms with Crippen LogP contribution in [0.25, 0.3) is 11.4 Å². The Labute approximate surface area is 143 Å². The van der Waals surface area contributed by atoms with Crippen molar-refractivity contribution in [2.24, 2.45) is 0 Å². The monoisotopic (exact) mass is 362 g/mol. The van der Waals surface area contributed by atoms with Crippen molar-refractivity contribution in [3.8, 4) is 11.4 Å². The number of nitrogens with two attached hydrogens (primary N) is 1. The van der Waals surface area contributed by atoms with Crippen molar-refractivity contribution in [2.75, 3.05) is 12.8 Å². The number of sulfonamides is 1. The molecule has 0 bridgehead atoms. The lowest BCUT2D eigenvalue weighted by molar-refractivity contribution is 0.539. The quantitative estimate of drug-likeness (QED) is 0.655. The molecule has 0 spiro atoms. The number of anilines is 1. The van der Waals surface area contributed by atoms with Crippen LogP contribution < -0.4 is 10.5 Å². The number of hydrogen-bond acceptors (Lipinski definition) is 6. The van der Waals surface area contributed by atoms with Crippen molar-refractivity contribution in [3.63, 3.8) is 0 Å². The Hall–Kier alpha value is -2.85. The molecule has 2 aromatic carbocycles. The molecular weight excluding hydrogens is 347 g/mol. The Morgan fingerprint density at radius 3 is 2.72 bits per heavy atom. The van der Waals surface area contributed by atoms with Crippen LogP contribution in [0.3, 0.4) is 0 Å². The first-order chi connectivity index (χ1) is 11.9. The molecule has 1 aromatic heterocycles. The predicted octanol–water partition coefficient (Wildman–Crippen LogP) is 1.02. The molecular formula is C15H15FN6O2S. The van der Waals surface area contributed by atoms with Crippen molar-refractivity contribution in [2.45, 2.75) is 11.4 Å². The summed E-state index contributed by atoms with van der Waals surface area (Å²) in [4.78, 5) is 1.25. The van der Waals surface area contributed by atoms with Crippen LogP contribution in [0.1, 0.15) is 5.56 Å². The van der Waals surface area contributed by atoms with E-state index in [2.05, 4.69) is 20.1 Å². The van der Waals surface area contributed by atoms with E-state index in [1.807, 2.05) is 0 Å². The van der Waals surface area contributed by atoms with Gasteiger partial charge in [0.15, 0.2) is 0 Å². The van der Waals surface area contributed by atoms with Crippen LogP contribution in [0.2, 0.25) is 0 Å². The molecule has 0 saturated carbocycles. The Kier molecular flexibility index (Phi) is 4.47. The average Bonchev–Trinajstić information content (AvgIpc) is 3.05. The van der Waals surface area contributed by atoms with Crippen LogP contribution in [0.4, 0.5) is 10.1 Å². The molecule has 0 fully saturated rings. The minimum atomic E-state index is -3.63. The van der Waals surface area contributed by atoms with Crippen LogP contribution in [-0.2, 0) is 16.6 Å². The normalized spacial score (nSPS) is 11.6. The smallest absolute Gasteiger partial charge is 0.240 e. The maximum absolute atomic E-state index is 13.7. The summed E-state index contributed by atoms with van der Waals surface area (Å²) in [6.07, 6.45) is 0. The zero-order chi connectivity index (χ0) is 18.0. The number of tetrazole rings is 1. The van der Waals surface area contributed by atoms with E-state index in [1.54, 1.807) is 18.2 Å². The standard InChI is InChI=1S/C15H15FN6O2S/c1-18-25(23,24)11-6-7-14(17)12(8-11)15-19-21-22(20-15)9-10-4-2-3-5-13(10)16/h2-8,18H,9,17H2,1H3. The second-order valence-corrected chi connectivity index (χ2v) is 7.08. The van der Waals surface area contributed by atoms with Crippen LogP contribution in [-0.4, -0.2) is 35.7 Å². The molecule has 3 aromatic rings. The maximum atomic E-state index is 13.7. The highest BCUT2D eigenvalue weighted by Crippen LogP contribution is 2.25. The van der Waals surface area contributed by atoms with Gasteiger partial charge in [-0.2, -0.15) is 4.80 Å². The van der Waals surface area contributed by atoms with Gasteiger partial charge in [0.1, 0.15) is 5.82 Å². The van der Waals surface area contributed by atoms with E-state index in [0.29, 0.717) is 16.8 Å². The van der Waals surface area contributed by atoms with Gasteiger partial charge >= 0.3 is 0 Å². The molecule has 0 amide bonds. The van der Waals surface area contributed by atoms with Crippen molar-refractivity contribution >= 4 is 15.7 Å². The van der Waals surface area contributed by atoms with Crippen molar-refractivity contribution < 1.29 is 12.8 Å². The number of nitrogens with zero attached hydrogens (tertiary/aromatic N) is 4. The molecule has 0 unspecified atom stereocenters. The van der Waals surface area contributed by atoms with Gasteiger partial charge in [-0.25, -0.2) is 17.5 Å². The van der Waals surface area contributed by atoms with Gasteiger partial charge in [-0.3, -0.25) is 0 Å². The number of hydrogen-bond donors (Lipinski definition) is 2. The summed E-state index contributed by atoms with van der Waals surface area (Å²) in [5.74, 6) is -0.218. The third kappa shape index (κ3) is 3.49. The van der Waals surface area contributed by atoms with Gasteiger partial charge in [-0.15, -0.1) is 10.2 Å². The third-order valence-corrected chi connectivity index (χ3v) is 4.98. The first-order valence-electron chi connectivity index (χ1n) is 7.25. The molecule has 1 heterocycles. The highest BCUT2D eigenvalue weighted by atomic mass is 32.2. The summed E-state index contributed by atoms with van der Waals surface area (Å²) >= 11 is 0. The molecule has 0 atom stereocenters. The first kappa shape index (κ1) is 17.0. The lowest BCUT2D eigenvalue weighted by atomic mass is 10.2. The lowest BCUT2D eigenvalue weighted by Crippen LogP contribution is -2.18. The predicted molar refractivity (Wildman–Crippen MR) is 89.4 cm³/mol. The van der Waals surface area contributed by atoms with E-state index in [9.17, 15) is 12.8 Å². The first-order valence-corrected chi connectivity index (χ1v) is 8.73. The van der Waals surface area contributed by atoms with Crippen LogP contribution in [0.5, 0.6) is 0 Å². The molecule has 0 aliphatic carbocycles. The average molecular weight is 362 g/mol. The van der Waals surface area contributed by atoms with Crippen molar-refractivity contribution in [1.82, 2.24) is 24.9 Å². The van der Waals surface area contributed by atoms with E-state index < -0.39 is 10.0 Å². The van der Waals surface area contributed by atoms with Crippen LogP contribution in [0, 0.1) is 5.82 Å². The summed E-state index contributed by atoms with van der Waals surface area (Å²) in [5, 5.41) is 11.9. The lowest BCUT2D eigenvalue weighted by Gasteiger charge is -2.06. The molecule has 3 N–H and O–H groups in total. The summed E-state index contributed by atoms with van der Waals surface area (Å²) in [7, 11) is -2.32. The Morgan fingerprint density at radius 1 is 1.24 bits per heavy atom. The van der Waals surface area contributed by atoms with Crippen molar-refractivity contribution in [3.05, 3.63) is 53.8 Å². The second-order valence-electron chi connectivity index (χ2n) is 5.19. The highest BCUT2D eigenvalue weighted by Gasteiger charge is 2.17. The largest absolute Gasteiger partial charge is 0.398 e. The molecule has 0 aliphatic rings. The number of nitrogens with one attached hydrogen (secondary N) is 1. The van der Waals surface area contributed by atoms with Gasteiger partial charge in [0.05, 0.1) is 11.4 Å². The summed E-state index contributed by atoms with van der Waals surface area (Å²) in [6, 6.07) is 10.5.